The van der Waals surface area contributed by atoms with E-state index in [4.69, 9.17) is 14.4 Å². The molecule has 0 bridgehead atoms. The van der Waals surface area contributed by atoms with Gasteiger partial charge in [0, 0.05) is 27.1 Å². The molecule has 0 unspecified atom stereocenters. The van der Waals surface area contributed by atoms with Crippen molar-refractivity contribution < 1.29 is 4.42 Å². The summed E-state index contributed by atoms with van der Waals surface area (Å²) in [5.41, 5.74) is 9.01. The molecule has 1 aliphatic rings. The number of para-hydroxylation sites is 2. The van der Waals surface area contributed by atoms with Gasteiger partial charge in [-0.25, -0.2) is 9.97 Å². The summed E-state index contributed by atoms with van der Waals surface area (Å²) in [4.78, 5) is 13.2. The molecule has 4 nitrogen and oxygen atoms in total. The Balaban J connectivity index is 1.34. The van der Waals surface area contributed by atoms with E-state index in [1.54, 1.807) is 0 Å². The molecule has 0 spiro atoms. The Bertz CT molecular complexity index is 2690. The van der Waals surface area contributed by atoms with Gasteiger partial charge in [-0.15, -0.1) is 0 Å². The number of furan rings is 1. The van der Waals surface area contributed by atoms with E-state index in [9.17, 15) is 0 Å². The topological polar surface area (TPSA) is 42.2 Å². The standard InChI is InChI=1S/C43H29N3O/c1-43(2)33-15-7-9-17-35(33)46(36-18-10-8-16-34(36)43)42-44-39(29-20-19-26-11-3-4-13-28(26)25-29)32-23-24-37-38(40(32)45-42)31-22-21-27-12-5-6-14-30(27)41(31)47-37/h3-25H,1-2H3. The summed E-state index contributed by atoms with van der Waals surface area (Å²) in [6.45, 7) is 4.60. The maximum Gasteiger partial charge on any atom is 0.235 e. The van der Waals surface area contributed by atoms with Gasteiger partial charge in [0.05, 0.1) is 28.0 Å². The molecular weight excluding hydrogens is 574 g/mol. The number of hydrogen-bond donors (Lipinski definition) is 0. The van der Waals surface area contributed by atoms with Crippen LogP contribution in [0.5, 0.6) is 0 Å². The minimum absolute atomic E-state index is 0.184. The summed E-state index contributed by atoms with van der Waals surface area (Å²) in [7, 11) is 0. The summed E-state index contributed by atoms with van der Waals surface area (Å²) in [5, 5.41) is 7.68. The second kappa shape index (κ2) is 9.51. The average Bonchev–Trinajstić information content (AvgIpc) is 3.51. The molecule has 222 valence electrons. The quantitative estimate of drug-likeness (QED) is 0.197. The van der Waals surface area contributed by atoms with Crippen molar-refractivity contribution in [3.63, 3.8) is 0 Å². The zero-order valence-electron chi connectivity index (χ0n) is 26.0. The highest BCUT2D eigenvalue weighted by Gasteiger charge is 2.37. The van der Waals surface area contributed by atoms with Gasteiger partial charge in [-0.2, -0.15) is 0 Å². The summed E-state index contributed by atoms with van der Waals surface area (Å²) >= 11 is 0. The van der Waals surface area contributed by atoms with Crippen molar-refractivity contribution in [1.29, 1.82) is 0 Å². The van der Waals surface area contributed by atoms with Crippen molar-refractivity contribution in [3.8, 4) is 11.3 Å². The predicted octanol–water partition coefficient (Wildman–Crippen LogP) is 11.6. The summed E-state index contributed by atoms with van der Waals surface area (Å²) in [6, 6.07) is 49.3. The third-order valence-electron chi connectivity index (χ3n) is 10.0. The van der Waals surface area contributed by atoms with Gasteiger partial charge >= 0.3 is 0 Å². The largest absolute Gasteiger partial charge is 0.455 e. The molecule has 1 aliphatic heterocycles. The lowest BCUT2D eigenvalue weighted by atomic mass is 9.74. The molecule has 0 fully saturated rings. The Kier molecular flexibility index (Phi) is 5.31. The molecule has 0 amide bonds. The molecule has 0 saturated heterocycles. The molecule has 7 aromatic carbocycles. The van der Waals surface area contributed by atoms with Crippen molar-refractivity contribution in [2.24, 2.45) is 0 Å². The highest BCUT2D eigenvalue weighted by molar-refractivity contribution is 6.23. The number of aromatic nitrogens is 2. The van der Waals surface area contributed by atoms with E-state index >= 15 is 0 Å². The molecule has 0 saturated carbocycles. The molecule has 2 aromatic heterocycles. The van der Waals surface area contributed by atoms with Crippen LogP contribution in [0, 0.1) is 0 Å². The molecule has 3 heterocycles. The lowest BCUT2D eigenvalue weighted by molar-refractivity contribution is 0.631. The van der Waals surface area contributed by atoms with Gasteiger partial charge in [-0.1, -0.05) is 117 Å². The van der Waals surface area contributed by atoms with Crippen LogP contribution < -0.4 is 4.90 Å². The minimum atomic E-state index is -0.184. The Morgan fingerprint density at radius 2 is 1.19 bits per heavy atom. The number of nitrogens with zero attached hydrogens (tertiary/aromatic N) is 3. The van der Waals surface area contributed by atoms with E-state index < -0.39 is 0 Å². The van der Waals surface area contributed by atoms with Crippen molar-refractivity contribution >= 4 is 71.7 Å². The molecule has 9 aromatic rings. The zero-order chi connectivity index (χ0) is 31.3. The third-order valence-corrected chi connectivity index (χ3v) is 10.0. The predicted molar refractivity (Wildman–Crippen MR) is 194 cm³/mol. The first-order valence-corrected chi connectivity index (χ1v) is 16.1. The van der Waals surface area contributed by atoms with E-state index in [1.165, 1.54) is 21.9 Å². The van der Waals surface area contributed by atoms with Crippen molar-refractivity contribution in [3.05, 3.63) is 151 Å². The van der Waals surface area contributed by atoms with Gasteiger partial charge in [0.15, 0.2) is 0 Å². The summed E-state index contributed by atoms with van der Waals surface area (Å²) in [5.74, 6) is 0.638. The van der Waals surface area contributed by atoms with Crippen LogP contribution in [-0.4, -0.2) is 9.97 Å². The molecule has 4 heteroatoms. The Morgan fingerprint density at radius 3 is 1.98 bits per heavy atom. The smallest absolute Gasteiger partial charge is 0.235 e. The van der Waals surface area contributed by atoms with E-state index in [-0.39, 0.29) is 5.41 Å². The van der Waals surface area contributed by atoms with Crippen LogP contribution >= 0.6 is 0 Å². The molecule has 0 aliphatic carbocycles. The number of fused-ring (bicyclic) bond motifs is 10. The summed E-state index contributed by atoms with van der Waals surface area (Å²) in [6.07, 6.45) is 0. The SMILES string of the molecule is CC1(C)c2ccccc2N(c2nc(-c3ccc4ccccc4c3)c3ccc4oc5c6ccccc6ccc5c4c3n2)c2ccccc21. The maximum absolute atomic E-state index is 6.63. The Morgan fingerprint density at radius 1 is 0.553 bits per heavy atom. The lowest BCUT2D eigenvalue weighted by Crippen LogP contribution is -2.31. The first-order valence-electron chi connectivity index (χ1n) is 16.1. The fourth-order valence-electron chi connectivity index (χ4n) is 7.71. The molecule has 0 atom stereocenters. The van der Waals surface area contributed by atoms with Crippen LogP contribution in [0.15, 0.2) is 144 Å². The first kappa shape index (κ1) is 26.2. The minimum Gasteiger partial charge on any atom is -0.455 e. The van der Waals surface area contributed by atoms with Crippen LogP contribution in [0.1, 0.15) is 25.0 Å². The van der Waals surface area contributed by atoms with Gasteiger partial charge in [-0.3, -0.25) is 4.90 Å². The zero-order valence-corrected chi connectivity index (χ0v) is 26.0. The molecule has 0 radical (unpaired) electrons. The van der Waals surface area contributed by atoms with Gasteiger partial charge in [-0.05, 0) is 63.7 Å². The highest BCUT2D eigenvalue weighted by atomic mass is 16.3. The number of hydrogen-bond acceptors (Lipinski definition) is 4. The van der Waals surface area contributed by atoms with Crippen LogP contribution in [0.3, 0.4) is 0 Å². The van der Waals surface area contributed by atoms with E-state index in [0.717, 1.165) is 66.2 Å². The van der Waals surface area contributed by atoms with Gasteiger partial charge in [0.2, 0.25) is 5.95 Å². The van der Waals surface area contributed by atoms with E-state index in [1.807, 2.05) is 0 Å². The Hall–Kier alpha value is -6.00. The van der Waals surface area contributed by atoms with Crippen LogP contribution in [0.2, 0.25) is 0 Å². The molecular formula is C43H29N3O. The first-order chi connectivity index (χ1) is 23.1. The average molecular weight is 604 g/mol. The molecule has 0 N–H and O–H groups in total. The fourth-order valence-corrected chi connectivity index (χ4v) is 7.71. The Labute approximate surface area is 271 Å². The lowest BCUT2D eigenvalue weighted by Gasteiger charge is -2.41. The van der Waals surface area contributed by atoms with Gasteiger partial charge < -0.3 is 4.42 Å². The normalized spacial score (nSPS) is 13.9. The number of benzene rings is 7. The monoisotopic (exact) mass is 603 g/mol. The van der Waals surface area contributed by atoms with Crippen LogP contribution in [-0.2, 0) is 5.41 Å². The van der Waals surface area contributed by atoms with E-state index in [2.05, 4.69) is 158 Å². The van der Waals surface area contributed by atoms with Crippen LogP contribution in [0.25, 0.3) is 65.6 Å². The van der Waals surface area contributed by atoms with Crippen molar-refractivity contribution in [2.45, 2.75) is 19.3 Å². The van der Waals surface area contributed by atoms with E-state index in [0.29, 0.717) is 5.95 Å². The number of anilines is 3. The van der Waals surface area contributed by atoms with Gasteiger partial charge in [0.1, 0.15) is 11.2 Å². The van der Waals surface area contributed by atoms with Gasteiger partial charge in [0.25, 0.3) is 0 Å². The third kappa shape index (κ3) is 3.70. The molecule has 10 rings (SSSR count). The second-order valence-corrected chi connectivity index (χ2v) is 13.0. The highest BCUT2D eigenvalue weighted by Crippen LogP contribution is 2.51. The second-order valence-electron chi connectivity index (χ2n) is 13.0. The summed E-state index contributed by atoms with van der Waals surface area (Å²) < 4.78 is 6.63. The van der Waals surface area contributed by atoms with Crippen LogP contribution in [0.4, 0.5) is 17.3 Å². The molecule has 47 heavy (non-hydrogen) atoms. The maximum atomic E-state index is 6.63. The van der Waals surface area contributed by atoms with Crippen molar-refractivity contribution in [1.82, 2.24) is 9.97 Å². The number of rotatable bonds is 2. The fraction of sp³-hybridized carbons (Fsp3) is 0.0698. The van der Waals surface area contributed by atoms with Crippen molar-refractivity contribution in [2.75, 3.05) is 4.90 Å².